The summed E-state index contributed by atoms with van der Waals surface area (Å²) in [5, 5.41) is 8.08. The van der Waals surface area contributed by atoms with Crippen LogP contribution in [0.5, 0.6) is 0 Å². The smallest absolute Gasteiger partial charge is 0.230 e. The molecule has 3 aromatic rings. The van der Waals surface area contributed by atoms with E-state index in [2.05, 4.69) is 10.4 Å². The highest BCUT2D eigenvalue weighted by Crippen LogP contribution is 2.25. The summed E-state index contributed by atoms with van der Waals surface area (Å²) >= 11 is 12.2. The van der Waals surface area contributed by atoms with E-state index < -0.39 is 0 Å². The molecule has 0 saturated heterocycles. The van der Waals surface area contributed by atoms with E-state index in [-0.39, 0.29) is 12.3 Å². The highest BCUT2D eigenvalue weighted by Gasteiger charge is 2.13. The maximum absolute atomic E-state index is 12.3. The second kappa shape index (κ2) is 7.51. The van der Waals surface area contributed by atoms with E-state index in [9.17, 15) is 4.79 Å². The zero-order chi connectivity index (χ0) is 16.9. The number of hydrogen-bond acceptors (Lipinski definition) is 2. The average Bonchev–Trinajstić information content (AvgIpc) is 2.99. The van der Waals surface area contributed by atoms with Crippen molar-refractivity contribution in [2.45, 2.75) is 13.0 Å². The summed E-state index contributed by atoms with van der Waals surface area (Å²) < 4.78 is 1.74. The van der Waals surface area contributed by atoms with Gasteiger partial charge < -0.3 is 5.32 Å². The average molecular weight is 360 g/mol. The van der Waals surface area contributed by atoms with Gasteiger partial charge in [0.05, 0.1) is 19.2 Å². The first-order valence-corrected chi connectivity index (χ1v) is 8.17. The first-order valence-electron chi connectivity index (χ1n) is 7.42. The molecule has 0 spiro atoms. The van der Waals surface area contributed by atoms with Crippen molar-refractivity contribution in [3.8, 4) is 0 Å². The monoisotopic (exact) mass is 359 g/mol. The number of benzene rings is 2. The van der Waals surface area contributed by atoms with E-state index in [0.29, 0.717) is 28.0 Å². The van der Waals surface area contributed by atoms with Crippen molar-refractivity contribution in [1.29, 1.82) is 0 Å². The largest absolute Gasteiger partial charge is 0.311 e. The molecule has 0 bridgehead atoms. The van der Waals surface area contributed by atoms with Crippen LogP contribution in [-0.2, 0) is 17.8 Å². The number of halogens is 2. The topological polar surface area (TPSA) is 46.9 Å². The van der Waals surface area contributed by atoms with Crippen molar-refractivity contribution in [3.63, 3.8) is 0 Å². The van der Waals surface area contributed by atoms with E-state index >= 15 is 0 Å². The lowest BCUT2D eigenvalue weighted by Crippen LogP contribution is -2.18. The summed E-state index contributed by atoms with van der Waals surface area (Å²) in [7, 11) is 0. The fourth-order valence-corrected chi connectivity index (χ4v) is 2.90. The molecule has 0 aliphatic carbocycles. The van der Waals surface area contributed by atoms with E-state index in [1.54, 1.807) is 35.1 Å². The number of nitrogens with one attached hydrogen (secondary N) is 1. The van der Waals surface area contributed by atoms with Crippen LogP contribution in [0.4, 0.5) is 5.82 Å². The van der Waals surface area contributed by atoms with Gasteiger partial charge >= 0.3 is 0 Å². The van der Waals surface area contributed by atoms with Gasteiger partial charge in [-0.3, -0.25) is 4.79 Å². The van der Waals surface area contributed by atoms with E-state index in [0.717, 1.165) is 5.56 Å². The number of nitrogens with zero attached hydrogens (tertiary/aromatic N) is 2. The summed E-state index contributed by atoms with van der Waals surface area (Å²) in [5.74, 6) is 0.437. The van der Waals surface area contributed by atoms with Crippen LogP contribution in [0.15, 0.2) is 60.8 Å². The van der Waals surface area contributed by atoms with Crippen LogP contribution in [0, 0.1) is 0 Å². The third-order valence-corrected chi connectivity index (χ3v) is 4.27. The van der Waals surface area contributed by atoms with Gasteiger partial charge in [-0.25, -0.2) is 4.68 Å². The molecule has 1 amide bonds. The Kier molecular flexibility index (Phi) is 5.18. The van der Waals surface area contributed by atoms with Gasteiger partial charge in [-0.1, -0.05) is 59.6 Å². The lowest BCUT2D eigenvalue weighted by Gasteiger charge is -2.10. The standard InChI is InChI=1S/C18H15Cl2N3O/c19-15-7-4-8-16(20)14(15)11-18(24)22-17-9-10-21-23(17)12-13-5-2-1-3-6-13/h1-10H,11-12H2,(H,22,24). The van der Waals surface area contributed by atoms with Gasteiger partial charge in [0.25, 0.3) is 0 Å². The van der Waals surface area contributed by atoms with Crippen molar-refractivity contribution < 1.29 is 4.79 Å². The predicted octanol–water partition coefficient (Wildman–Crippen LogP) is 4.42. The number of anilines is 1. The number of rotatable bonds is 5. The minimum atomic E-state index is -0.195. The van der Waals surface area contributed by atoms with E-state index in [1.807, 2.05) is 30.3 Å². The molecule has 6 heteroatoms. The van der Waals surface area contributed by atoms with Crippen molar-refractivity contribution in [3.05, 3.63) is 82.0 Å². The van der Waals surface area contributed by atoms with Crippen LogP contribution < -0.4 is 5.32 Å². The molecular formula is C18H15Cl2N3O. The fourth-order valence-electron chi connectivity index (χ4n) is 2.37. The Morgan fingerprint density at radius 3 is 2.42 bits per heavy atom. The molecule has 1 heterocycles. The van der Waals surface area contributed by atoms with Crippen LogP contribution in [0.2, 0.25) is 10.0 Å². The molecule has 0 aliphatic rings. The molecule has 1 aromatic heterocycles. The molecule has 0 aliphatic heterocycles. The van der Waals surface area contributed by atoms with Crippen LogP contribution in [-0.4, -0.2) is 15.7 Å². The third kappa shape index (κ3) is 3.96. The molecule has 1 N–H and O–H groups in total. The highest BCUT2D eigenvalue weighted by molar-refractivity contribution is 6.36. The Hall–Kier alpha value is -2.30. The maximum Gasteiger partial charge on any atom is 0.230 e. The first-order chi connectivity index (χ1) is 11.6. The lowest BCUT2D eigenvalue weighted by molar-refractivity contribution is -0.115. The predicted molar refractivity (Wildman–Crippen MR) is 96.6 cm³/mol. The van der Waals surface area contributed by atoms with Crippen LogP contribution >= 0.6 is 23.2 Å². The van der Waals surface area contributed by atoms with Crippen LogP contribution in [0.25, 0.3) is 0 Å². The van der Waals surface area contributed by atoms with Crippen molar-refractivity contribution in [2.75, 3.05) is 5.32 Å². The zero-order valence-electron chi connectivity index (χ0n) is 12.7. The Labute approximate surface area is 150 Å². The van der Waals surface area contributed by atoms with E-state index in [1.165, 1.54) is 0 Å². The molecule has 122 valence electrons. The minimum absolute atomic E-state index is 0.106. The number of carbonyl (C=O) groups is 1. The molecule has 0 atom stereocenters. The highest BCUT2D eigenvalue weighted by atomic mass is 35.5. The molecule has 0 unspecified atom stereocenters. The number of aromatic nitrogens is 2. The summed E-state index contributed by atoms with van der Waals surface area (Å²) in [4.78, 5) is 12.3. The van der Waals surface area contributed by atoms with Gasteiger partial charge in [-0.15, -0.1) is 0 Å². The molecule has 0 fully saturated rings. The summed E-state index contributed by atoms with van der Waals surface area (Å²) in [5.41, 5.74) is 1.72. The van der Waals surface area contributed by atoms with Gasteiger partial charge in [0, 0.05) is 16.1 Å². The minimum Gasteiger partial charge on any atom is -0.311 e. The van der Waals surface area contributed by atoms with Gasteiger partial charge in [-0.2, -0.15) is 5.10 Å². The normalized spacial score (nSPS) is 10.6. The number of hydrogen-bond donors (Lipinski definition) is 1. The quantitative estimate of drug-likeness (QED) is 0.732. The van der Waals surface area contributed by atoms with Crippen LogP contribution in [0.1, 0.15) is 11.1 Å². The van der Waals surface area contributed by atoms with Gasteiger partial charge in [0.15, 0.2) is 0 Å². The molecule has 24 heavy (non-hydrogen) atoms. The van der Waals surface area contributed by atoms with Gasteiger partial charge in [0.2, 0.25) is 5.91 Å². The lowest BCUT2D eigenvalue weighted by atomic mass is 10.1. The molecule has 3 rings (SSSR count). The molecule has 0 radical (unpaired) electrons. The Morgan fingerprint density at radius 1 is 1.00 bits per heavy atom. The molecular weight excluding hydrogens is 345 g/mol. The Morgan fingerprint density at radius 2 is 1.71 bits per heavy atom. The molecule has 0 saturated carbocycles. The van der Waals surface area contributed by atoms with Gasteiger partial charge in [0.1, 0.15) is 5.82 Å². The zero-order valence-corrected chi connectivity index (χ0v) is 14.3. The van der Waals surface area contributed by atoms with Crippen molar-refractivity contribution >= 4 is 34.9 Å². The van der Waals surface area contributed by atoms with Crippen LogP contribution in [0.3, 0.4) is 0 Å². The third-order valence-electron chi connectivity index (χ3n) is 3.56. The van der Waals surface area contributed by atoms with E-state index in [4.69, 9.17) is 23.2 Å². The van der Waals surface area contributed by atoms with Crippen molar-refractivity contribution in [1.82, 2.24) is 9.78 Å². The summed E-state index contributed by atoms with van der Waals surface area (Å²) in [6.07, 6.45) is 1.76. The SMILES string of the molecule is O=C(Cc1c(Cl)cccc1Cl)Nc1ccnn1Cc1ccccc1. The fraction of sp³-hybridized carbons (Fsp3) is 0.111. The Bertz CT molecular complexity index is 826. The second-order valence-electron chi connectivity index (χ2n) is 5.28. The summed E-state index contributed by atoms with van der Waals surface area (Å²) in [6.45, 7) is 0.580. The van der Waals surface area contributed by atoms with Crippen molar-refractivity contribution in [2.24, 2.45) is 0 Å². The Balaban J connectivity index is 1.71. The number of carbonyl (C=O) groups excluding carboxylic acids is 1. The molecule has 2 aromatic carbocycles. The summed E-state index contributed by atoms with van der Waals surface area (Å²) in [6, 6.07) is 16.9. The number of amides is 1. The second-order valence-corrected chi connectivity index (χ2v) is 6.10. The first kappa shape index (κ1) is 16.6. The molecule has 4 nitrogen and oxygen atoms in total. The maximum atomic E-state index is 12.3. The van der Waals surface area contributed by atoms with Gasteiger partial charge in [-0.05, 0) is 23.3 Å².